The van der Waals surface area contributed by atoms with Crippen LogP contribution in [0.15, 0.2) is 18.2 Å². The van der Waals surface area contributed by atoms with Crippen LogP contribution in [0.1, 0.15) is 31.2 Å². The fourth-order valence-corrected chi connectivity index (χ4v) is 5.21. The monoisotopic (exact) mass is 401 g/mol. The minimum Gasteiger partial charge on any atom is -0.493 e. The highest BCUT2D eigenvalue weighted by Gasteiger charge is 2.59. The Morgan fingerprint density at radius 2 is 1.86 bits per heavy atom. The lowest BCUT2D eigenvalue weighted by atomic mass is 9.90. The van der Waals surface area contributed by atoms with E-state index in [9.17, 15) is 4.79 Å². The Morgan fingerprint density at radius 1 is 1.07 bits per heavy atom. The quantitative estimate of drug-likeness (QED) is 0.759. The summed E-state index contributed by atoms with van der Waals surface area (Å²) in [7, 11) is 5.53. The molecule has 1 spiro atoms. The van der Waals surface area contributed by atoms with E-state index in [-0.39, 0.29) is 11.3 Å². The summed E-state index contributed by atoms with van der Waals surface area (Å²) in [4.78, 5) is 20.0. The molecule has 6 nitrogen and oxygen atoms in total. The van der Waals surface area contributed by atoms with Gasteiger partial charge in [0.25, 0.3) is 0 Å². The van der Waals surface area contributed by atoms with Crippen molar-refractivity contribution in [2.75, 3.05) is 60.5 Å². The second-order valence-corrected chi connectivity index (χ2v) is 9.03. The van der Waals surface area contributed by atoms with Crippen molar-refractivity contribution >= 4 is 5.91 Å². The molecule has 1 aromatic carbocycles. The summed E-state index contributed by atoms with van der Waals surface area (Å²) >= 11 is 0. The molecule has 1 aliphatic carbocycles. The lowest BCUT2D eigenvalue weighted by Gasteiger charge is -2.33. The number of amides is 1. The molecule has 2 aliphatic heterocycles. The molecule has 2 heterocycles. The van der Waals surface area contributed by atoms with Gasteiger partial charge in [-0.05, 0) is 63.8 Å². The van der Waals surface area contributed by atoms with Crippen LogP contribution in [0.25, 0.3) is 0 Å². The molecule has 1 aromatic rings. The van der Waals surface area contributed by atoms with Gasteiger partial charge >= 0.3 is 0 Å². The summed E-state index contributed by atoms with van der Waals surface area (Å²) in [6, 6.07) is 6.08. The van der Waals surface area contributed by atoms with Gasteiger partial charge in [0.15, 0.2) is 11.5 Å². The Labute approximate surface area is 174 Å². The van der Waals surface area contributed by atoms with E-state index < -0.39 is 0 Å². The number of ether oxygens (including phenoxy) is 2. The van der Waals surface area contributed by atoms with E-state index in [0.717, 1.165) is 83.0 Å². The Kier molecular flexibility index (Phi) is 6.02. The minimum atomic E-state index is 0.263. The van der Waals surface area contributed by atoms with E-state index in [1.54, 1.807) is 14.2 Å². The largest absolute Gasteiger partial charge is 0.493 e. The number of hydrogen-bond acceptors (Lipinski definition) is 5. The van der Waals surface area contributed by atoms with Crippen LogP contribution in [0.2, 0.25) is 0 Å². The van der Waals surface area contributed by atoms with Gasteiger partial charge in [0.05, 0.1) is 14.2 Å². The van der Waals surface area contributed by atoms with Gasteiger partial charge in [-0.3, -0.25) is 9.69 Å². The number of hydrogen-bond donors (Lipinski definition) is 0. The number of carbonyl (C=O) groups excluding carboxylic acids is 1. The maximum absolute atomic E-state index is 13.1. The first-order valence-electron chi connectivity index (χ1n) is 11.0. The van der Waals surface area contributed by atoms with E-state index in [0.29, 0.717) is 5.91 Å². The van der Waals surface area contributed by atoms with Crippen LogP contribution in [0.4, 0.5) is 0 Å². The molecule has 0 bridgehead atoms. The van der Waals surface area contributed by atoms with Gasteiger partial charge in [-0.2, -0.15) is 0 Å². The topological polar surface area (TPSA) is 45.2 Å². The summed E-state index contributed by atoms with van der Waals surface area (Å²) in [5.74, 6) is 2.30. The number of carbonyl (C=O) groups is 1. The van der Waals surface area contributed by atoms with Gasteiger partial charge in [-0.25, -0.2) is 0 Å². The average Bonchev–Trinajstić information content (AvgIpc) is 3.48. The molecular weight excluding hydrogens is 366 g/mol. The summed E-state index contributed by atoms with van der Waals surface area (Å²) < 4.78 is 11.0. The fraction of sp³-hybridized carbons (Fsp3) is 0.696. The lowest BCUT2D eigenvalue weighted by Crippen LogP contribution is -2.39. The van der Waals surface area contributed by atoms with Gasteiger partial charge in [-0.15, -0.1) is 0 Å². The van der Waals surface area contributed by atoms with Crippen molar-refractivity contribution in [2.45, 2.75) is 32.2 Å². The molecule has 0 aromatic heterocycles. The normalized spacial score (nSPS) is 24.9. The molecule has 0 N–H and O–H groups in total. The smallest absolute Gasteiger partial charge is 0.226 e. The molecule has 0 radical (unpaired) electrons. The number of likely N-dealkylation sites (tertiary alicyclic amines) is 1. The van der Waals surface area contributed by atoms with Crippen LogP contribution in [0.3, 0.4) is 0 Å². The molecule has 160 valence electrons. The first-order valence-corrected chi connectivity index (χ1v) is 11.0. The molecule has 1 saturated carbocycles. The molecular formula is C23H35N3O3. The predicted molar refractivity (Wildman–Crippen MR) is 113 cm³/mol. The first kappa shape index (κ1) is 20.5. The number of para-hydroxylation sites is 1. The van der Waals surface area contributed by atoms with Gasteiger partial charge in [0.1, 0.15) is 0 Å². The van der Waals surface area contributed by atoms with Gasteiger partial charge in [-0.1, -0.05) is 12.1 Å². The maximum atomic E-state index is 13.1. The predicted octanol–water partition coefficient (Wildman–Crippen LogP) is 2.47. The van der Waals surface area contributed by atoms with E-state index >= 15 is 0 Å². The number of benzene rings is 1. The zero-order valence-electron chi connectivity index (χ0n) is 18.2. The molecule has 29 heavy (non-hydrogen) atoms. The molecule has 3 aliphatic rings. The Balaban J connectivity index is 1.32. The van der Waals surface area contributed by atoms with Gasteiger partial charge < -0.3 is 19.3 Å². The fourth-order valence-electron chi connectivity index (χ4n) is 5.21. The van der Waals surface area contributed by atoms with Crippen LogP contribution in [0.5, 0.6) is 11.5 Å². The number of likely N-dealkylation sites (N-methyl/N-ethyl adjacent to an activating group) is 1. The third-order valence-corrected chi connectivity index (χ3v) is 7.25. The highest BCUT2D eigenvalue weighted by molar-refractivity contribution is 5.82. The molecule has 6 heteroatoms. The van der Waals surface area contributed by atoms with E-state index in [1.807, 2.05) is 12.1 Å². The van der Waals surface area contributed by atoms with Crippen molar-refractivity contribution in [2.24, 2.45) is 11.3 Å². The minimum absolute atomic E-state index is 0.263. The van der Waals surface area contributed by atoms with Crippen LogP contribution >= 0.6 is 0 Å². The zero-order chi connectivity index (χ0) is 20.4. The summed E-state index contributed by atoms with van der Waals surface area (Å²) in [6.07, 6.45) is 4.44. The molecule has 1 unspecified atom stereocenters. The summed E-state index contributed by atoms with van der Waals surface area (Å²) in [5.41, 5.74) is 1.43. The van der Waals surface area contributed by atoms with Crippen LogP contribution in [-0.4, -0.2) is 81.1 Å². The maximum Gasteiger partial charge on any atom is 0.226 e. The Morgan fingerprint density at radius 3 is 2.59 bits per heavy atom. The highest BCUT2D eigenvalue weighted by Crippen LogP contribution is 2.60. The van der Waals surface area contributed by atoms with E-state index in [2.05, 4.69) is 27.8 Å². The van der Waals surface area contributed by atoms with Crippen molar-refractivity contribution in [1.29, 1.82) is 0 Å². The third-order valence-electron chi connectivity index (χ3n) is 7.25. The Bertz CT molecular complexity index is 730. The molecule has 4 rings (SSSR count). The number of nitrogens with zero attached hydrogens (tertiary/aromatic N) is 3. The second-order valence-electron chi connectivity index (χ2n) is 9.03. The van der Waals surface area contributed by atoms with E-state index in [1.165, 1.54) is 5.56 Å². The average molecular weight is 402 g/mol. The first-order chi connectivity index (χ1) is 14.1. The lowest BCUT2D eigenvalue weighted by molar-refractivity contribution is -0.133. The van der Waals surface area contributed by atoms with E-state index in [4.69, 9.17) is 9.47 Å². The zero-order valence-corrected chi connectivity index (χ0v) is 18.2. The summed E-state index contributed by atoms with van der Waals surface area (Å²) in [5, 5.41) is 0. The van der Waals surface area contributed by atoms with Crippen LogP contribution in [-0.2, 0) is 11.3 Å². The van der Waals surface area contributed by atoms with Crippen molar-refractivity contribution in [3.05, 3.63) is 23.8 Å². The van der Waals surface area contributed by atoms with Gasteiger partial charge in [0.2, 0.25) is 5.91 Å². The standard InChI is InChI=1S/C23H35N3O3/c1-24-10-5-11-26(15-14-24)22(27)19-16-23(19)8-12-25(13-9-23)17-18-6-4-7-20(28-2)21(18)29-3/h4,6-7,19H,5,8-17H2,1-3H3. The summed E-state index contributed by atoms with van der Waals surface area (Å²) in [6.45, 7) is 6.89. The van der Waals surface area contributed by atoms with Gasteiger partial charge in [0, 0.05) is 37.7 Å². The van der Waals surface area contributed by atoms with Crippen molar-refractivity contribution in [3.8, 4) is 11.5 Å². The van der Waals surface area contributed by atoms with Crippen LogP contribution < -0.4 is 9.47 Å². The molecule has 3 fully saturated rings. The Hall–Kier alpha value is -1.79. The molecule has 1 atom stereocenters. The van der Waals surface area contributed by atoms with Crippen molar-refractivity contribution in [1.82, 2.24) is 14.7 Å². The molecule has 1 amide bonds. The highest BCUT2D eigenvalue weighted by atomic mass is 16.5. The number of methoxy groups -OCH3 is 2. The molecule has 2 saturated heterocycles. The van der Waals surface area contributed by atoms with Crippen molar-refractivity contribution in [3.63, 3.8) is 0 Å². The number of piperidine rings is 1. The SMILES string of the molecule is COc1cccc(CN2CCC3(CC2)CC3C(=O)N2CCCN(C)CC2)c1OC. The van der Waals surface area contributed by atoms with Crippen molar-refractivity contribution < 1.29 is 14.3 Å². The van der Waals surface area contributed by atoms with Crippen LogP contribution in [0, 0.1) is 11.3 Å². The third kappa shape index (κ3) is 4.24. The second kappa shape index (κ2) is 8.52. The number of rotatable bonds is 5.